The van der Waals surface area contributed by atoms with E-state index in [1.165, 1.54) is 0 Å². The zero-order chi connectivity index (χ0) is 55.8. The van der Waals surface area contributed by atoms with Crippen LogP contribution < -0.4 is 95.7 Å². The van der Waals surface area contributed by atoms with Gasteiger partial charge in [-0.3, -0.25) is 0 Å². The summed E-state index contributed by atoms with van der Waals surface area (Å²) in [5.41, 5.74) is 28.6. The summed E-state index contributed by atoms with van der Waals surface area (Å²) in [5.74, 6) is -13.0. The van der Waals surface area contributed by atoms with Crippen molar-refractivity contribution >= 4 is 71.6 Å². The molecule has 0 amide bonds. The van der Waals surface area contributed by atoms with E-state index in [0.29, 0.717) is 0 Å². The van der Waals surface area contributed by atoms with Crippen LogP contribution in [0.5, 0.6) is 0 Å². The molecule has 37 heteroatoms. The summed E-state index contributed by atoms with van der Waals surface area (Å²) in [6, 6.07) is 0. The maximum atomic E-state index is 8.89. The van der Waals surface area contributed by atoms with Crippen molar-refractivity contribution in [3.63, 3.8) is 0 Å². The van der Waals surface area contributed by atoms with Crippen LogP contribution in [0.25, 0.3) is 0 Å². The van der Waals surface area contributed by atoms with Crippen LogP contribution >= 0.6 is 0 Å². The van der Waals surface area contributed by atoms with E-state index in [2.05, 4.69) is 0 Å². The molecule has 33 nitrogen and oxygen atoms in total. The molecule has 0 aromatic rings. The second kappa shape index (κ2) is 119. The monoisotopic (exact) mass is 1160 g/mol. The van der Waals surface area contributed by atoms with E-state index in [4.69, 9.17) is 169 Å². The fourth-order valence-corrected chi connectivity index (χ4v) is 0. The van der Waals surface area contributed by atoms with Gasteiger partial charge in [-0.05, 0) is 83.1 Å². The van der Waals surface area contributed by atoms with Gasteiger partial charge in [0, 0.05) is 91.3 Å². The average Bonchev–Trinajstić information content (AvgIpc) is 2.94. The molecular formula is C30H60Fe4N6O27. The Morgan fingerprint density at radius 3 is 0.284 bits per heavy atom. The Hall–Kier alpha value is -4.64. The molecule has 0 aromatic carbocycles. The Morgan fingerprint density at radius 1 is 0.269 bits per heavy atom. The third kappa shape index (κ3) is 117000. The number of carboxylic acid groups (broad SMARTS) is 12. The Balaban J connectivity index is -0.0000000216. The quantitative estimate of drug-likeness (QED) is 0.0936. The molecule has 3 unspecified atom stereocenters. The van der Waals surface area contributed by atoms with Gasteiger partial charge < -0.3 is 169 Å². The Morgan fingerprint density at radius 2 is 0.284 bits per heavy atom. The molecule has 3 atom stereocenters. The molecule has 0 spiro atoms. The Labute approximate surface area is 428 Å². The van der Waals surface area contributed by atoms with Crippen LogP contribution in [0, 0.1) is 0 Å². The number of carboxylic acids is 12. The van der Waals surface area contributed by atoms with Crippen molar-refractivity contribution in [2.75, 3.05) is 19.6 Å². The van der Waals surface area contributed by atoms with Crippen molar-refractivity contribution < 1.29 is 202 Å². The number of nitrogens with two attached hydrogens (primary N) is 6. The fraction of sp³-hybridized carbons (Fsp3) is 0.600. The zero-order valence-corrected chi connectivity index (χ0v) is 42.3. The van der Waals surface area contributed by atoms with Gasteiger partial charge in [-0.2, -0.15) is 0 Å². The van der Waals surface area contributed by atoms with Gasteiger partial charge in [0.2, 0.25) is 0 Å². The van der Waals surface area contributed by atoms with Crippen molar-refractivity contribution in [3.05, 3.63) is 0 Å². The minimum absolute atomic E-state index is 0. The number of hydrogen-bond donors (Lipinski definition) is 9. The third-order valence-corrected chi connectivity index (χ3v) is 0.724. The summed E-state index contributed by atoms with van der Waals surface area (Å²) >= 11 is 0. The van der Waals surface area contributed by atoms with Crippen molar-refractivity contribution in [2.45, 2.75) is 102 Å². The van der Waals surface area contributed by atoms with Crippen LogP contribution in [0.1, 0.15) is 83.1 Å². The Kier molecular flexibility index (Phi) is 222. The summed E-state index contributed by atoms with van der Waals surface area (Å²) in [7, 11) is 0. The van der Waals surface area contributed by atoms with Gasteiger partial charge >= 0.3 is 68.3 Å². The first-order valence-corrected chi connectivity index (χ1v) is 15.1. The van der Waals surface area contributed by atoms with Crippen LogP contribution in [-0.4, -0.2) is 125 Å². The van der Waals surface area contributed by atoms with Crippen molar-refractivity contribution in [1.82, 2.24) is 0 Å². The first kappa shape index (κ1) is 125. The molecule has 0 aliphatic heterocycles. The van der Waals surface area contributed by atoms with Gasteiger partial charge in [0.1, 0.15) is 18.7 Å². The smallest absolute Gasteiger partial charge is 0.550 e. The molecule has 15 N–H and O–H groups in total. The van der Waals surface area contributed by atoms with Gasteiger partial charge in [0.05, 0.1) is 0 Å². The molecule has 0 bridgehead atoms. The van der Waals surface area contributed by atoms with Gasteiger partial charge in [0.15, 0.2) is 0 Å². The molecule has 404 valence electrons. The number of carbonyl (C=O) groups is 12. The van der Waals surface area contributed by atoms with Gasteiger partial charge in [-0.25, -0.2) is 0 Å². The molecule has 0 rings (SSSR count). The van der Waals surface area contributed by atoms with E-state index < -0.39 is 90.3 Å². The topological polar surface area (TPSA) is 698 Å². The standard InChI is InChI=1S/3C2H8N2O.12C2H4O2.4Fe/c3*3-1-2(4)5;12*1-2(3)4;;;;/h3*2,5H,1,3-4H2;12*1H3,(H,3,4);;;;/q;;;;;;;;;;;;;;;4*+3/p-12. The number of carbonyl (C=O) groups excluding carboxylic acids is 12. The van der Waals surface area contributed by atoms with Gasteiger partial charge in [0.25, 0.3) is 0 Å². The summed E-state index contributed by atoms with van der Waals surface area (Å²) in [6.07, 6.45) is -2.51. The number of aliphatic hydroxyl groups is 3. The van der Waals surface area contributed by atoms with Gasteiger partial charge in [-0.15, -0.1) is 0 Å². The molecule has 0 fully saturated rings. The van der Waals surface area contributed by atoms with E-state index in [0.717, 1.165) is 83.1 Å². The SMILES string of the molecule is CC(=O)[O-].CC(=O)[O-].CC(=O)[O-].CC(=O)[O-].CC(=O)[O-].CC(=O)[O-].CC(=O)[O-].CC(=O)[O-].CC(=O)[O-].CC(=O)[O-].CC(=O)[O-].CC(=O)[O-].NCC(N)O.NCC(N)O.NCC(N)O.[Fe+3].[Fe+3].[Fe+3].[Fe+3]. The predicted octanol–water partition coefficient (Wildman–Crippen LogP) is -20.3. The minimum atomic E-state index is -1.08. The van der Waals surface area contributed by atoms with E-state index >= 15 is 0 Å². The second-order valence-corrected chi connectivity index (χ2v) is 8.31. The second-order valence-electron chi connectivity index (χ2n) is 8.31. The van der Waals surface area contributed by atoms with Crippen LogP contribution in [0.3, 0.4) is 0 Å². The van der Waals surface area contributed by atoms with Crippen LogP contribution in [-0.2, 0) is 126 Å². The van der Waals surface area contributed by atoms with Crippen LogP contribution in [0.2, 0.25) is 0 Å². The minimum Gasteiger partial charge on any atom is -0.550 e. The predicted molar refractivity (Wildman–Crippen MR) is 186 cm³/mol. The fourth-order valence-electron chi connectivity index (χ4n) is 0. The largest absolute Gasteiger partial charge is 3.00 e. The molecule has 0 heterocycles. The van der Waals surface area contributed by atoms with Crippen molar-refractivity contribution in [3.8, 4) is 0 Å². The molecule has 0 saturated heterocycles. The normalized spacial score (nSPS) is 7.84. The summed E-state index contributed by atoms with van der Waals surface area (Å²) in [6.45, 7) is 12.1. The molecule has 0 aliphatic rings. The third-order valence-electron chi connectivity index (χ3n) is 0.724. The molecule has 67 heavy (non-hydrogen) atoms. The zero-order valence-electron chi connectivity index (χ0n) is 37.9. The first-order valence-electron chi connectivity index (χ1n) is 15.1. The van der Waals surface area contributed by atoms with E-state index in [1.807, 2.05) is 0 Å². The first-order chi connectivity index (χ1) is 27.6. The summed E-state index contributed by atoms with van der Waals surface area (Å²) < 4.78 is 0. The van der Waals surface area contributed by atoms with Crippen LogP contribution in [0.4, 0.5) is 0 Å². The van der Waals surface area contributed by atoms with Crippen molar-refractivity contribution in [1.29, 1.82) is 0 Å². The van der Waals surface area contributed by atoms with E-state index in [1.54, 1.807) is 0 Å². The number of rotatable bonds is 3. The summed E-state index contributed by atoms with van der Waals surface area (Å²) in [5, 5.41) is 131. The molecular weight excluding hydrogens is 1100 g/mol. The molecule has 4 radical (unpaired) electrons. The Bertz CT molecular complexity index is 802. The van der Waals surface area contributed by atoms with Gasteiger partial charge in [-0.1, -0.05) is 0 Å². The molecule has 0 aliphatic carbocycles. The average molecular weight is 1160 g/mol. The number of hydrogen-bond acceptors (Lipinski definition) is 33. The van der Waals surface area contributed by atoms with E-state index in [9.17, 15) is 0 Å². The number of aliphatic hydroxyl groups excluding tert-OH is 3. The van der Waals surface area contributed by atoms with Crippen molar-refractivity contribution in [2.24, 2.45) is 34.4 Å². The summed E-state index contributed by atoms with van der Waals surface area (Å²) in [4.78, 5) is 107. The molecule has 0 aromatic heterocycles. The maximum Gasteiger partial charge on any atom is 3.00 e. The number of aliphatic carboxylic acids is 12. The van der Waals surface area contributed by atoms with E-state index in [-0.39, 0.29) is 87.9 Å². The maximum absolute atomic E-state index is 8.89. The van der Waals surface area contributed by atoms with Crippen LogP contribution in [0.15, 0.2) is 0 Å². The molecule has 0 saturated carbocycles.